The van der Waals surface area contributed by atoms with E-state index in [1.807, 2.05) is 4.90 Å². The molecule has 14 heavy (non-hydrogen) atoms. The number of rotatable bonds is 3. The summed E-state index contributed by atoms with van der Waals surface area (Å²) in [7, 11) is 0. The van der Waals surface area contributed by atoms with Gasteiger partial charge in [-0.05, 0) is 19.8 Å². The van der Waals surface area contributed by atoms with Crippen LogP contribution in [0.25, 0.3) is 0 Å². The van der Waals surface area contributed by atoms with Gasteiger partial charge in [0, 0.05) is 31.7 Å². The van der Waals surface area contributed by atoms with Crippen molar-refractivity contribution in [2.75, 3.05) is 26.2 Å². The maximum atomic E-state index is 11.7. The Morgan fingerprint density at radius 3 is 2.71 bits per heavy atom. The standard InChI is InChI=1S/C10H19N3O/c1-8(6-11)12-4-5-13(9-2-3-9)10(14)7-12/h8-9H,2-7,11H2,1H3. The van der Waals surface area contributed by atoms with Crippen LogP contribution in [0.15, 0.2) is 0 Å². The van der Waals surface area contributed by atoms with Crippen molar-refractivity contribution in [1.29, 1.82) is 0 Å². The largest absolute Gasteiger partial charge is 0.337 e. The molecule has 2 fully saturated rings. The van der Waals surface area contributed by atoms with Crippen LogP contribution < -0.4 is 5.73 Å². The summed E-state index contributed by atoms with van der Waals surface area (Å²) < 4.78 is 0. The highest BCUT2D eigenvalue weighted by atomic mass is 16.2. The van der Waals surface area contributed by atoms with E-state index in [0.717, 1.165) is 13.1 Å². The van der Waals surface area contributed by atoms with Crippen molar-refractivity contribution in [3.05, 3.63) is 0 Å². The van der Waals surface area contributed by atoms with Crippen LogP contribution >= 0.6 is 0 Å². The SMILES string of the molecule is CC(CN)N1CCN(C2CC2)C(=O)C1. The van der Waals surface area contributed by atoms with Crippen LogP contribution in [0.3, 0.4) is 0 Å². The van der Waals surface area contributed by atoms with Gasteiger partial charge in [-0.25, -0.2) is 0 Å². The summed E-state index contributed by atoms with van der Waals surface area (Å²) in [6.07, 6.45) is 2.41. The normalized spacial score (nSPS) is 26.7. The van der Waals surface area contributed by atoms with Gasteiger partial charge in [-0.3, -0.25) is 9.69 Å². The molecule has 1 heterocycles. The summed E-state index contributed by atoms with van der Waals surface area (Å²) in [4.78, 5) is 16.0. The Hall–Kier alpha value is -0.610. The maximum absolute atomic E-state index is 11.7. The summed E-state index contributed by atoms with van der Waals surface area (Å²) in [6.45, 7) is 5.17. The summed E-state index contributed by atoms with van der Waals surface area (Å²) >= 11 is 0. The third-order valence-electron chi connectivity index (χ3n) is 3.24. The number of carbonyl (C=O) groups excluding carboxylic acids is 1. The molecular weight excluding hydrogens is 178 g/mol. The highest BCUT2D eigenvalue weighted by Crippen LogP contribution is 2.28. The van der Waals surface area contributed by atoms with Crippen LogP contribution in [-0.2, 0) is 4.79 Å². The highest BCUT2D eigenvalue weighted by Gasteiger charge is 2.36. The second kappa shape index (κ2) is 3.87. The maximum Gasteiger partial charge on any atom is 0.237 e. The zero-order valence-electron chi connectivity index (χ0n) is 8.78. The van der Waals surface area contributed by atoms with E-state index >= 15 is 0 Å². The van der Waals surface area contributed by atoms with Gasteiger partial charge in [-0.2, -0.15) is 0 Å². The molecule has 1 atom stereocenters. The molecule has 1 unspecified atom stereocenters. The molecule has 1 aliphatic carbocycles. The average Bonchev–Trinajstić information content (AvgIpc) is 3.00. The van der Waals surface area contributed by atoms with Crippen molar-refractivity contribution >= 4 is 5.91 Å². The van der Waals surface area contributed by atoms with Crippen LogP contribution in [0, 0.1) is 0 Å². The molecule has 4 nitrogen and oxygen atoms in total. The van der Waals surface area contributed by atoms with Crippen LogP contribution in [0.2, 0.25) is 0 Å². The molecule has 1 saturated carbocycles. The zero-order valence-corrected chi connectivity index (χ0v) is 8.78. The first-order chi connectivity index (χ1) is 6.72. The number of nitrogens with two attached hydrogens (primary N) is 1. The molecule has 80 valence electrons. The van der Waals surface area contributed by atoms with E-state index in [1.165, 1.54) is 12.8 Å². The number of amides is 1. The van der Waals surface area contributed by atoms with E-state index in [9.17, 15) is 4.79 Å². The van der Waals surface area contributed by atoms with Crippen molar-refractivity contribution in [2.45, 2.75) is 31.8 Å². The third kappa shape index (κ3) is 1.91. The molecular formula is C10H19N3O. The van der Waals surface area contributed by atoms with E-state index in [2.05, 4.69) is 11.8 Å². The Balaban J connectivity index is 1.88. The van der Waals surface area contributed by atoms with Gasteiger partial charge in [0.2, 0.25) is 5.91 Å². The monoisotopic (exact) mass is 197 g/mol. The lowest BCUT2D eigenvalue weighted by atomic mass is 10.2. The first-order valence-electron chi connectivity index (χ1n) is 5.46. The fourth-order valence-electron chi connectivity index (χ4n) is 2.00. The van der Waals surface area contributed by atoms with Gasteiger partial charge >= 0.3 is 0 Å². The predicted octanol–water partition coefficient (Wildman–Crippen LogP) is -0.360. The van der Waals surface area contributed by atoms with Gasteiger partial charge in [-0.15, -0.1) is 0 Å². The number of nitrogens with zero attached hydrogens (tertiary/aromatic N) is 2. The minimum Gasteiger partial charge on any atom is -0.337 e. The molecule has 1 saturated heterocycles. The highest BCUT2D eigenvalue weighted by molar-refractivity contribution is 5.79. The second-order valence-corrected chi connectivity index (χ2v) is 4.37. The molecule has 0 bridgehead atoms. The fraction of sp³-hybridized carbons (Fsp3) is 0.900. The third-order valence-corrected chi connectivity index (χ3v) is 3.24. The molecule has 0 spiro atoms. The van der Waals surface area contributed by atoms with Gasteiger partial charge in [0.25, 0.3) is 0 Å². The topological polar surface area (TPSA) is 49.6 Å². The molecule has 0 aromatic heterocycles. The molecule has 1 amide bonds. The van der Waals surface area contributed by atoms with Gasteiger partial charge < -0.3 is 10.6 Å². The first kappa shape index (κ1) is 9.93. The number of carbonyl (C=O) groups is 1. The van der Waals surface area contributed by atoms with Crippen molar-refractivity contribution in [2.24, 2.45) is 5.73 Å². The Morgan fingerprint density at radius 1 is 1.50 bits per heavy atom. The quantitative estimate of drug-likeness (QED) is 0.672. The van der Waals surface area contributed by atoms with E-state index in [1.54, 1.807) is 0 Å². The number of hydrogen-bond donors (Lipinski definition) is 1. The molecule has 1 aliphatic heterocycles. The second-order valence-electron chi connectivity index (χ2n) is 4.37. The summed E-state index contributed by atoms with van der Waals surface area (Å²) in [6, 6.07) is 0.901. The molecule has 0 aromatic carbocycles. The summed E-state index contributed by atoms with van der Waals surface area (Å²) in [5.74, 6) is 0.291. The van der Waals surface area contributed by atoms with Crippen molar-refractivity contribution in [3.63, 3.8) is 0 Å². The van der Waals surface area contributed by atoms with Crippen LogP contribution in [-0.4, -0.2) is 54.0 Å². The lowest BCUT2D eigenvalue weighted by Gasteiger charge is -2.37. The van der Waals surface area contributed by atoms with Gasteiger partial charge in [-0.1, -0.05) is 0 Å². The summed E-state index contributed by atoms with van der Waals surface area (Å²) in [5, 5.41) is 0. The van der Waals surface area contributed by atoms with E-state index < -0.39 is 0 Å². The lowest BCUT2D eigenvalue weighted by Crippen LogP contribution is -2.54. The summed E-state index contributed by atoms with van der Waals surface area (Å²) in [5.41, 5.74) is 5.59. The fourth-order valence-corrected chi connectivity index (χ4v) is 2.00. The Bertz CT molecular complexity index is 227. The smallest absolute Gasteiger partial charge is 0.237 e. The Morgan fingerprint density at radius 2 is 2.21 bits per heavy atom. The minimum absolute atomic E-state index is 0.291. The first-order valence-corrected chi connectivity index (χ1v) is 5.46. The van der Waals surface area contributed by atoms with Gasteiger partial charge in [0.1, 0.15) is 0 Å². The predicted molar refractivity (Wildman–Crippen MR) is 54.8 cm³/mol. The molecule has 0 aromatic rings. The van der Waals surface area contributed by atoms with Crippen LogP contribution in [0.5, 0.6) is 0 Å². The van der Waals surface area contributed by atoms with Crippen LogP contribution in [0.4, 0.5) is 0 Å². The van der Waals surface area contributed by atoms with E-state index in [4.69, 9.17) is 5.73 Å². The molecule has 2 N–H and O–H groups in total. The zero-order chi connectivity index (χ0) is 10.1. The Kier molecular flexibility index (Phi) is 2.74. The Labute approximate surface area is 85.0 Å². The molecule has 2 aliphatic rings. The van der Waals surface area contributed by atoms with Gasteiger partial charge in [0.15, 0.2) is 0 Å². The van der Waals surface area contributed by atoms with Crippen molar-refractivity contribution in [3.8, 4) is 0 Å². The molecule has 2 rings (SSSR count). The van der Waals surface area contributed by atoms with Crippen molar-refractivity contribution in [1.82, 2.24) is 9.80 Å². The number of piperazine rings is 1. The van der Waals surface area contributed by atoms with Gasteiger partial charge in [0.05, 0.1) is 6.54 Å². The van der Waals surface area contributed by atoms with Crippen LogP contribution in [0.1, 0.15) is 19.8 Å². The molecule has 0 radical (unpaired) electrons. The number of hydrogen-bond acceptors (Lipinski definition) is 3. The lowest BCUT2D eigenvalue weighted by molar-refractivity contribution is -0.137. The average molecular weight is 197 g/mol. The van der Waals surface area contributed by atoms with E-state index in [0.29, 0.717) is 31.1 Å². The van der Waals surface area contributed by atoms with E-state index in [-0.39, 0.29) is 0 Å². The van der Waals surface area contributed by atoms with Crippen molar-refractivity contribution < 1.29 is 4.79 Å². The molecule has 4 heteroatoms. The minimum atomic E-state index is 0.291.